The van der Waals surface area contributed by atoms with Crippen molar-refractivity contribution >= 4 is 33.0 Å². The fourth-order valence-corrected chi connectivity index (χ4v) is 6.79. The highest BCUT2D eigenvalue weighted by molar-refractivity contribution is 7.91. The highest BCUT2D eigenvalue weighted by Gasteiger charge is 2.36. The Hall–Kier alpha value is -2.91. The van der Waals surface area contributed by atoms with Crippen molar-refractivity contribution in [2.75, 3.05) is 17.8 Å². The molecule has 33 heavy (non-hydrogen) atoms. The van der Waals surface area contributed by atoms with Crippen molar-refractivity contribution in [3.8, 4) is 0 Å². The van der Waals surface area contributed by atoms with Crippen LogP contribution in [0.2, 0.25) is 0 Å². The number of sulfonamides is 1. The summed E-state index contributed by atoms with van der Waals surface area (Å²) >= 11 is 1.58. The molecule has 4 heterocycles. The second-order valence-electron chi connectivity index (χ2n) is 8.79. The molecule has 1 fully saturated rings. The predicted octanol–water partition coefficient (Wildman–Crippen LogP) is 3.04. The molecule has 2 bridgehead atoms. The number of benzene rings is 1. The number of nitrogens with one attached hydrogen (secondary N) is 1. The number of nitrogens with zero attached hydrogens (tertiary/aromatic N) is 2. The normalized spacial score (nSPS) is 19.7. The highest BCUT2D eigenvalue weighted by Crippen LogP contribution is 2.35. The van der Waals surface area contributed by atoms with Crippen molar-refractivity contribution in [2.24, 2.45) is 5.92 Å². The van der Waals surface area contributed by atoms with E-state index >= 15 is 0 Å². The second kappa shape index (κ2) is 8.79. The van der Waals surface area contributed by atoms with E-state index < -0.39 is 10.0 Å². The monoisotopic (exact) mass is 483 g/mol. The van der Waals surface area contributed by atoms with Gasteiger partial charge < -0.3 is 9.47 Å². The summed E-state index contributed by atoms with van der Waals surface area (Å²) in [7, 11) is -3.72. The topological polar surface area (TPSA) is 88.5 Å². The molecule has 172 valence electrons. The zero-order chi connectivity index (χ0) is 23.0. The molecule has 2 unspecified atom stereocenters. The Morgan fingerprint density at radius 1 is 1.03 bits per heavy atom. The number of hydrogen-bond donors (Lipinski definition) is 1. The van der Waals surface area contributed by atoms with Gasteiger partial charge in [0.15, 0.2) is 0 Å². The lowest BCUT2D eigenvalue weighted by Gasteiger charge is -2.43. The van der Waals surface area contributed by atoms with Crippen molar-refractivity contribution in [3.05, 3.63) is 86.5 Å². The van der Waals surface area contributed by atoms with Crippen LogP contribution in [-0.4, -0.2) is 36.9 Å². The Morgan fingerprint density at radius 2 is 1.85 bits per heavy atom. The SMILES string of the molecule is O=C(Cc1cccs1)N1CC2CC(C1)c1ccc(NS(=O)(=O)Cc3ccccc3)c(=O)n1C2. The number of carbonyl (C=O) groups is 1. The van der Waals surface area contributed by atoms with E-state index in [4.69, 9.17) is 0 Å². The maximum Gasteiger partial charge on any atom is 0.275 e. The molecule has 5 rings (SSSR count). The third kappa shape index (κ3) is 4.74. The number of amides is 1. The number of thiophene rings is 1. The van der Waals surface area contributed by atoms with Crippen molar-refractivity contribution in [1.29, 1.82) is 0 Å². The number of carbonyl (C=O) groups excluding carboxylic acids is 1. The average molecular weight is 484 g/mol. The highest BCUT2D eigenvalue weighted by atomic mass is 32.2. The molecule has 0 aliphatic carbocycles. The smallest absolute Gasteiger partial charge is 0.275 e. The Bertz CT molecular complexity index is 1320. The van der Waals surface area contributed by atoms with Gasteiger partial charge >= 0.3 is 0 Å². The van der Waals surface area contributed by atoms with Crippen LogP contribution in [0.15, 0.2) is 64.8 Å². The third-order valence-electron chi connectivity index (χ3n) is 6.33. The molecule has 2 aromatic heterocycles. The molecule has 1 saturated heterocycles. The van der Waals surface area contributed by atoms with E-state index in [0.717, 1.165) is 17.0 Å². The number of likely N-dealkylation sites (tertiary alicyclic amines) is 1. The molecule has 2 aliphatic heterocycles. The number of anilines is 1. The van der Waals surface area contributed by atoms with E-state index in [0.29, 0.717) is 31.6 Å². The maximum absolute atomic E-state index is 13.2. The average Bonchev–Trinajstić information content (AvgIpc) is 3.29. The van der Waals surface area contributed by atoms with Crippen LogP contribution in [0.1, 0.15) is 28.5 Å². The molecule has 0 spiro atoms. The van der Waals surface area contributed by atoms with Crippen molar-refractivity contribution in [3.63, 3.8) is 0 Å². The maximum atomic E-state index is 13.2. The number of hydrogen-bond acceptors (Lipinski definition) is 5. The molecule has 2 aliphatic rings. The number of piperidine rings is 1. The molecule has 0 radical (unpaired) electrons. The fourth-order valence-electron chi connectivity index (χ4n) is 4.90. The number of pyridine rings is 1. The zero-order valence-corrected chi connectivity index (χ0v) is 19.6. The lowest BCUT2D eigenvalue weighted by Crippen LogP contribution is -2.49. The summed E-state index contributed by atoms with van der Waals surface area (Å²) in [5.41, 5.74) is 1.28. The first-order valence-corrected chi connectivity index (χ1v) is 13.5. The van der Waals surface area contributed by atoms with Crippen LogP contribution < -0.4 is 10.3 Å². The summed E-state index contributed by atoms with van der Waals surface area (Å²) in [5.74, 6) is 0.180. The molecule has 3 aromatic rings. The molecule has 1 amide bonds. The van der Waals surface area contributed by atoms with Crippen LogP contribution in [0.25, 0.3) is 0 Å². The Labute approximate surface area is 196 Å². The van der Waals surface area contributed by atoms with Crippen molar-refractivity contribution < 1.29 is 13.2 Å². The van der Waals surface area contributed by atoms with E-state index in [9.17, 15) is 18.0 Å². The van der Waals surface area contributed by atoms with Gasteiger partial charge in [-0.25, -0.2) is 8.42 Å². The van der Waals surface area contributed by atoms with Gasteiger partial charge in [-0.15, -0.1) is 11.3 Å². The molecule has 9 heteroatoms. The van der Waals surface area contributed by atoms with Crippen LogP contribution in [-0.2, 0) is 33.5 Å². The minimum atomic E-state index is -3.72. The molecule has 0 saturated carbocycles. The van der Waals surface area contributed by atoms with E-state index in [1.165, 1.54) is 0 Å². The molecular formula is C24H25N3O4S2. The summed E-state index contributed by atoms with van der Waals surface area (Å²) in [6, 6.07) is 16.2. The number of aromatic nitrogens is 1. The first kappa shape index (κ1) is 21.9. The second-order valence-corrected chi connectivity index (χ2v) is 11.5. The molecule has 2 atom stereocenters. The standard InChI is InChI=1S/C24H25N3O4S2/c28-23(12-20-7-4-10-32-20)26-13-18-11-19(15-26)22-9-8-21(24(29)27(22)14-18)25-33(30,31)16-17-5-2-1-3-6-17/h1-10,18-19,25H,11-16H2. The van der Waals surface area contributed by atoms with Crippen LogP contribution in [0, 0.1) is 5.92 Å². The molecule has 1 N–H and O–H groups in total. The lowest BCUT2D eigenvalue weighted by atomic mass is 9.83. The van der Waals surface area contributed by atoms with Gasteiger partial charge in [-0.1, -0.05) is 36.4 Å². The summed E-state index contributed by atoms with van der Waals surface area (Å²) in [5, 5.41) is 1.97. The summed E-state index contributed by atoms with van der Waals surface area (Å²) in [4.78, 5) is 29.0. The largest absolute Gasteiger partial charge is 0.341 e. The van der Waals surface area contributed by atoms with Crippen LogP contribution >= 0.6 is 11.3 Å². The predicted molar refractivity (Wildman–Crippen MR) is 129 cm³/mol. The van der Waals surface area contributed by atoms with Crippen LogP contribution in [0.4, 0.5) is 5.69 Å². The molecular weight excluding hydrogens is 458 g/mol. The minimum Gasteiger partial charge on any atom is -0.341 e. The van der Waals surface area contributed by atoms with Gasteiger partial charge in [0.25, 0.3) is 5.56 Å². The Balaban J connectivity index is 1.33. The van der Waals surface area contributed by atoms with Gasteiger partial charge in [-0.3, -0.25) is 14.3 Å². The van der Waals surface area contributed by atoms with Gasteiger partial charge in [0.2, 0.25) is 15.9 Å². The first-order valence-electron chi connectivity index (χ1n) is 11.0. The van der Waals surface area contributed by atoms with Gasteiger partial charge in [0.05, 0.1) is 12.2 Å². The Morgan fingerprint density at radius 3 is 2.61 bits per heavy atom. The molecule has 1 aromatic carbocycles. The van der Waals surface area contributed by atoms with Gasteiger partial charge in [0.1, 0.15) is 5.69 Å². The fraction of sp³-hybridized carbons (Fsp3) is 0.333. The Kier molecular flexibility index (Phi) is 5.84. The van der Waals surface area contributed by atoms with E-state index in [2.05, 4.69) is 4.72 Å². The van der Waals surface area contributed by atoms with Crippen molar-refractivity contribution in [1.82, 2.24) is 9.47 Å². The summed E-state index contributed by atoms with van der Waals surface area (Å²) in [6.07, 6.45) is 1.34. The third-order valence-corrected chi connectivity index (χ3v) is 8.45. The zero-order valence-electron chi connectivity index (χ0n) is 18.0. The first-order chi connectivity index (χ1) is 15.9. The van der Waals surface area contributed by atoms with Gasteiger partial charge in [-0.05, 0) is 41.5 Å². The quantitative estimate of drug-likeness (QED) is 0.584. The molecule has 7 nitrogen and oxygen atoms in total. The lowest BCUT2D eigenvalue weighted by molar-refractivity contribution is -0.133. The summed E-state index contributed by atoms with van der Waals surface area (Å²) in [6.45, 7) is 1.69. The number of fused-ring (bicyclic) bond motifs is 4. The van der Waals surface area contributed by atoms with E-state index in [1.54, 1.807) is 46.2 Å². The van der Waals surface area contributed by atoms with Crippen LogP contribution in [0.5, 0.6) is 0 Å². The van der Waals surface area contributed by atoms with Gasteiger partial charge in [0, 0.05) is 36.1 Å². The van der Waals surface area contributed by atoms with E-state index in [1.807, 2.05) is 34.5 Å². The summed E-state index contributed by atoms with van der Waals surface area (Å²) < 4.78 is 29.4. The minimum absolute atomic E-state index is 0.0697. The van der Waals surface area contributed by atoms with Crippen molar-refractivity contribution in [2.45, 2.75) is 31.1 Å². The van der Waals surface area contributed by atoms with Crippen LogP contribution in [0.3, 0.4) is 0 Å². The van der Waals surface area contributed by atoms with Gasteiger partial charge in [-0.2, -0.15) is 0 Å². The number of rotatable bonds is 6. The van der Waals surface area contributed by atoms with E-state index in [-0.39, 0.29) is 34.7 Å².